The first-order chi connectivity index (χ1) is 10.6. The van der Waals surface area contributed by atoms with E-state index in [1.54, 1.807) is 23.1 Å². The fourth-order valence-corrected chi connectivity index (χ4v) is 4.04. The highest BCUT2D eigenvalue weighted by Crippen LogP contribution is 2.27. The third-order valence-corrected chi connectivity index (χ3v) is 5.60. The second-order valence-electron chi connectivity index (χ2n) is 4.66. The Labute approximate surface area is 139 Å². The Balaban J connectivity index is 1.80. The van der Waals surface area contributed by atoms with Gasteiger partial charge in [0.15, 0.2) is 0 Å². The highest BCUT2D eigenvalue weighted by Gasteiger charge is 2.13. The lowest BCUT2D eigenvalue weighted by Crippen LogP contribution is -2.10. The minimum atomic E-state index is -0.0870. The van der Waals surface area contributed by atoms with Crippen LogP contribution in [0.2, 0.25) is 0 Å². The second-order valence-corrected chi connectivity index (χ2v) is 7.66. The first-order valence-corrected chi connectivity index (χ1v) is 9.71. The van der Waals surface area contributed by atoms with Gasteiger partial charge in [-0.1, -0.05) is 11.8 Å². The van der Waals surface area contributed by atoms with Gasteiger partial charge >= 0.3 is 0 Å². The molecular formula is C13H14N4O2S3. The summed E-state index contributed by atoms with van der Waals surface area (Å²) in [5, 5.41) is 9.10. The number of fused-ring (bicyclic) bond motifs is 1. The third kappa shape index (κ3) is 3.06. The molecule has 3 aromatic heterocycles. The maximum atomic E-state index is 12.2. The van der Waals surface area contributed by atoms with Gasteiger partial charge in [0.1, 0.15) is 10.7 Å². The Morgan fingerprint density at radius 1 is 1.27 bits per heavy atom. The first kappa shape index (κ1) is 15.6. The Bertz CT molecular complexity index is 868. The Morgan fingerprint density at radius 2 is 2.09 bits per heavy atom. The summed E-state index contributed by atoms with van der Waals surface area (Å²) in [4.78, 5) is 21.4. The SMILES string of the molecule is CSCc1nnc(SCc2nc3sc(C)c(C)c3c(=O)[nH]2)o1. The van der Waals surface area contributed by atoms with Crippen molar-refractivity contribution in [3.63, 3.8) is 0 Å². The predicted molar refractivity (Wildman–Crippen MR) is 90.8 cm³/mol. The number of hydrogen-bond donors (Lipinski definition) is 1. The van der Waals surface area contributed by atoms with Gasteiger partial charge < -0.3 is 9.40 Å². The maximum Gasteiger partial charge on any atom is 0.277 e. The van der Waals surface area contributed by atoms with E-state index in [-0.39, 0.29) is 5.56 Å². The lowest BCUT2D eigenvalue weighted by atomic mass is 10.2. The normalized spacial score (nSPS) is 11.4. The highest BCUT2D eigenvalue weighted by molar-refractivity contribution is 7.98. The molecule has 9 heteroatoms. The molecule has 0 amide bonds. The average molecular weight is 354 g/mol. The standard InChI is InChI=1S/C13H14N4O2S3/c1-6-7(2)22-12-10(6)11(18)14-8(15-12)4-21-13-17-16-9(19-13)5-20-3/h4-5H2,1-3H3,(H,14,15,18). The average Bonchev–Trinajstić information content (AvgIpc) is 3.03. The van der Waals surface area contributed by atoms with Crippen LogP contribution in [0.1, 0.15) is 22.2 Å². The van der Waals surface area contributed by atoms with Gasteiger partial charge in [-0.25, -0.2) is 4.98 Å². The molecule has 22 heavy (non-hydrogen) atoms. The number of hydrogen-bond acceptors (Lipinski definition) is 8. The zero-order valence-corrected chi connectivity index (χ0v) is 14.7. The summed E-state index contributed by atoms with van der Waals surface area (Å²) in [5.41, 5.74) is 0.919. The summed E-state index contributed by atoms with van der Waals surface area (Å²) in [6.45, 7) is 3.95. The number of rotatable bonds is 5. The van der Waals surface area contributed by atoms with E-state index in [0.29, 0.717) is 33.8 Å². The van der Waals surface area contributed by atoms with Crippen molar-refractivity contribution < 1.29 is 4.42 Å². The molecule has 6 nitrogen and oxygen atoms in total. The van der Waals surface area contributed by atoms with Crippen LogP contribution in [0.15, 0.2) is 14.4 Å². The summed E-state index contributed by atoms with van der Waals surface area (Å²) in [6.07, 6.45) is 1.98. The molecule has 0 saturated carbocycles. The second kappa shape index (κ2) is 6.43. The zero-order chi connectivity index (χ0) is 15.7. The van der Waals surface area contributed by atoms with Crippen molar-refractivity contribution in [3.05, 3.63) is 32.5 Å². The molecule has 0 aliphatic rings. The molecule has 3 rings (SSSR count). The molecule has 0 spiro atoms. The fraction of sp³-hybridized carbons (Fsp3) is 0.385. The fourth-order valence-electron chi connectivity index (χ4n) is 1.98. The summed E-state index contributed by atoms with van der Waals surface area (Å²) in [5.74, 6) is 2.41. The summed E-state index contributed by atoms with van der Waals surface area (Å²) >= 11 is 4.54. The first-order valence-electron chi connectivity index (χ1n) is 6.51. The van der Waals surface area contributed by atoms with E-state index in [4.69, 9.17) is 4.42 Å². The van der Waals surface area contributed by atoms with Gasteiger partial charge in [-0.2, -0.15) is 11.8 Å². The number of H-pyrrole nitrogens is 1. The quantitative estimate of drug-likeness (QED) is 0.705. The van der Waals surface area contributed by atoms with Crippen molar-refractivity contribution in [1.82, 2.24) is 20.2 Å². The number of aromatic amines is 1. The molecule has 0 aliphatic heterocycles. The zero-order valence-electron chi connectivity index (χ0n) is 12.3. The molecule has 0 saturated heterocycles. The summed E-state index contributed by atoms with van der Waals surface area (Å²) in [7, 11) is 0. The minimum Gasteiger partial charge on any atom is -0.415 e. The van der Waals surface area contributed by atoms with Gasteiger partial charge in [-0.15, -0.1) is 21.5 Å². The number of aromatic nitrogens is 4. The van der Waals surface area contributed by atoms with Crippen LogP contribution in [0.5, 0.6) is 0 Å². The number of nitrogens with one attached hydrogen (secondary N) is 1. The molecular weight excluding hydrogens is 340 g/mol. The van der Waals surface area contributed by atoms with Crippen molar-refractivity contribution >= 4 is 45.1 Å². The van der Waals surface area contributed by atoms with Crippen LogP contribution in [0.3, 0.4) is 0 Å². The van der Waals surface area contributed by atoms with E-state index >= 15 is 0 Å². The Morgan fingerprint density at radius 3 is 2.86 bits per heavy atom. The molecule has 116 valence electrons. The number of aryl methyl sites for hydroxylation is 2. The Kier molecular flexibility index (Phi) is 4.55. The van der Waals surface area contributed by atoms with Crippen LogP contribution >= 0.6 is 34.9 Å². The van der Waals surface area contributed by atoms with E-state index in [1.165, 1.54) is 11.8 Å². The molecule has 0 aromatic carbocycles. The van der Waals surface area contributed by atoms with Crippen molar-refractivity contribution in [2.45, 2.75) is 30.6 Å². The molecule has 3 heterocycles. The number of thioether (sulfide) groups is 2. The van der Waals surface area contributed by atoms with E-state index < -0.39 is 0 Å². The molecule has 1 N–H and O–H groups in total. The number of thiophene rings is 1. The molecule has 0 radical (unpaired) electrons. The number of nitrogens with zero attached hydrogens (tertiary/aromatic N) is 3. The van der Waals surface area contributed by atoms with E-state index in [2.05, 4.69) is 20.2 Å². The van der Waals surface area contributed by atoms with E-state index in [9.17, 15) is 4.79 Å². The van der Waals surface area contributed by atoms with Gasteiger partial charge in [0.2, 0.25) is 5.89 Å². The summed E-state index contributed by atoms with van der Waals surface area (Å²) in [6, 6.07) is 0. The molecule has 0 atom stereocenters. The van der Waals surface area contributed by atoms with Crippen LogP contribution in [-0.4, -0.2) is 26.4 Å². The Hall–Kier alpha value is -1.32. The monoisotopic (exact) mass is 354 g/mol. The van der Waals surface area contributed by atoms with Gasteiger partial charge in [0.25, 0.3) is 10.8 Å². The summed E-state index contributed by atoms with van der Waals surface area (Å²) < 4.78 is 5.49. The maximum absolute atomic E-state index is 12.2. The van der Waals surface area contributed by atoms with Gasteiger partial charge in [0, 0.05) is 4.88 Å². The van der Waals surface area contributed by atoms with Gasteiger partial charge in [-0.05, 0) is 25.7 Å². The molecule has 3 aromatic rings. The smallest absolute Gasteiger partial charge is 0.277 e. The van der Waals surface area contributed by atoms with Crippen LogP contribution in [0, 0.1) is 13.8 Å². The van der Waals surface area contributed by atoms with E-state index in [1.807, 2.05) is 20.1 Å². The van der Waals surface area contributed by atoms with Crippen molar-refractivity contribution in [3.8, 4) is 0 Å². The van der Waals surface area contributed by atoms with Gasteiger partial charge in [0.05, 0.1) is 16.9 Å². The molecule has 0 fully saturated rings. The molecule has 0 bridgehead atoms. The van der Waals surface area contributed by atoms with Crippen molar-refractivity contribution in [1.29, 1.82) is 0 Å². The van der Waals surface area contributed by atoms with Crippen LogP contribution < -0.4 is 5.56 Å². The minimum absolute atomic E-state index is 0.0870. The van der Waals surface area contributed by atoms with E-state index in [0.717, 1.165) is 15.3 Å². The van der Waals surface area contributed by atoms with Crippen molar-refractivity contribution in [2.75, 3.05) is 6.26 Å². The van der Waals surface area contributed by atoms with Crippen LogP contribution in [-0.2, 0) is 11.5 Å². The predicted octanol–water partition coefficient (Wildman–Crippen LogP) is 3.14. The third-order valence-electron chi connectivity index (χ3n) is 3.14. The van der Waals surface area contributed by atoms with Gasteiger partial charge in [-0.3, -0.25) is 4.79 Å². The largest absolute Gasteiger partial charge is 0.415 e. The molecule has 0 aliphatic carbocycles. The van der Waals surface area contributed by atoms with Crippen LogP contribution in [0.25, 0.3) is 10.2 Å². The highest BCUT2D eigenvalue weighted by atomic mass is 32.2. The lowest BCUT2D eigenvalue weighted by Gasteiger charge is -1.98. The topological polar surface area (TPSA) is 84.7 Å². The lowest BCUT2D eigenvalue weighted by molar-refractivity contribution is 0.426. The van der Waals surface area contributed by atoms with Crippen LogP contribution in [0.4, 0.5) is 0 Å². The van der Waals surface area contributed by atoms with Crippen molar-refractivity contribution in [2.24, 2.45) is 0 Å². The molecule has 0 unspecified atom stereocenters.